The minimum atomic E-state index is -1.36. The molecule has 0 aromatic rings. The van der Waals surface area contributed by atoms with Crippen LogP contribution < -0.4 is 0 Å². The molecule has 0 aliphatic heterocycles. The molecule has 4 heteroatoms. The fourth-order valence-electron chi connectivity index (χ4n) is 1.70. The molecule has 4 atom stereocenters. The van der Waals surface area contributed by atoms with Gasteiger partial charge < -0.3 is 20.4 Å². The molecule has 0 spiro atoms. The zero-order valence-corrected chi connectivity index (χ0v) is 12.6. The second kappa shape index (κ2) is 12.4. The van der Waals surface area contributed by atoms with E-state index >= 15 is 0 Å². The average molecular weight is 294 g/mol. The highest BCUT2D eigenvalue weighted by Crippen LogP contribution is 2.11. The monoisotopic (exact) mass is 294 g/mol. The van der Waals surface area contributed by atoms with Gasteiger partial charge in [-0.1, -0.05) is 63.5 Å². The number of aliphatic hydroxyl groups is 4. The minimum absolute atomic E-state index is 0.435. The fourth-order valence-corrected chi connectivity index (χ4v) is 1.70. The van der Waals surface area contributed by atoms with E-state index in [1.54, 1.807) is 0 Å². The smallest absolute Gasteiger partial charge is 0.144 e. The first-order chi connectivity index (χ1) is 10.0. The van der Waals surface area contributed by atoms with Crippen molar-refractivity contribution >= 4 is 0 Å². The number of hydrogen-bond donors (Lipinski definition) is 4. The van der Waals surface area contributed by atoms with Crippen molar-refractivity contribution in [3.05, 3.63) is 12.7 Å². The highest BCUT2D eigenvalue weighted by Gasteiger charge is 2.22. The van der Waals surface area contributed by atoms with Gasteiger partial charge in [-0.3, -0.25) is 0 Å². The van der Waals surface area contributed by atoms with E-state index in [0.29, 0.717) is 6.42 Å². The van der Waals surface area contributed by atoms with Crippen LogP contribution in [0.5, 0.6) is 0 Å². The summed E-state index contributed by atoms with van der Waals surface area (Å²) < 4.78 is 0. The average Bonchev–Trinajstić information content (AvgIpc) is 2.49. The highest BCUT2D eigenvalue weighted by molar-refractivity contribution is 5.30. The van der Waals surface area contributed by atoms with Crippen molar-refractivity contribution in [2.24, 2.45) is 0 Å². The maximum Gasteiger partial charge on any atom is 0.144 e. The molecule has 0 unspecified atom stereocenters. The van der Waals surface area contributed by atoms with Gasteiger partial charge in [0, 0.05) is 0 Å². The molecule has 4 N–H and O–H groups in total. The SMILES string of the molecule is C=C[C@H](O)C#CC#C[C@@H](O)[C@H](O)[C@@H](O)CCCCCCC. The standard InChI is InChI=1S/C17H26O4/c1-3-5-6-7-8-12-15(19)17(21)16(20)13-10-9-11-14(18)4-2/h4,14-21H,2-3,5-8,12H2,1H3/t14-,15-,16+,17+/m0/s1. The first kappa shape index (κ1) is 19.7. The summed E-state index contributed by atoms with van der Waals surface area (Å²) in [5, 5.41) is 38.2. The topological polar surface area (TPSA) is 80.9 Å². The summed E-state index contributed by atoms with van der Waals surface area (Å²) in [6.07, 6.45) is 2.31. The van der Waals surface area contributed by atoms with E-state index in [4.69, 9.17) is 5.11 Å². The van der Waals surface area contributed by atoms with Gasteiger partial charge in [-0.2, -0.15) is 0 Å². The molecule has 0 radical (unpaired) electrons. The molecule has 118 valence electrons. The summed E-state index contributed by atoms with van der Waals surface area (Å²) in [4.78, 5) is 0. The van der Waals surface area contributed by atoms with Gasteiger partial charge in [0.1, 0.15) is 18.3 Å². The predicted molar refractivity (Wildman–Crippen MR) is 83.2 cm³/mol. The molecule has 0 rings (SSSR count). The van der Waals surface area contributed by atoms with E-state index in [2.05, 4.69) is 37.2 Å². The Hall–Kier alpha value is -1.30. The summed E-state index contributed by atoms with van der Waals surface area (Å²) in [6.45, 7) is 5.48. The first-order valence-electron chi connectivity index (χ1n) is 7.38. The van der Waals surface area contributed by atoms with Crippen LogP contribution in [-0.4, -0.2) is 44.8 Å². The van der Waals surface area contributed by atoms with Crippen molar-refractivity contribution in [1.82, 2.24) is 0 Å². The Bertz CT molecular complexity index is 396. The van der Waals surface area contributed by atoms with Gasteiger partial charge in [0.25, 0.3) is 0 Å². The van der Waals surface area contributed by atoms with Crippen molar-refractivity contribution in [3.8, 4) is 23.7 Å². The van der Waals surface area contributed by atoms with Gasteiger partial charge in [-0.15, -0.1) is 0 Å². The third kappa shape index (κ3) is 10.1. The maximum atomic E-state index is 9.76. The Labute approximate surface area is 127 Å². The zero-order chi connectivity index (χ0) is 16.1. The molecule has 0 bridgehead atoms. The number of hydrogen-bond acceptors (Lipinski definition) is 4. The van der Waals surface area contributed by atoms with Crippen LogP contribution >= 0.6 is 0 Å². The fraction of sp³-hybridized carbons (Fsp3) is 0.647. The van der Waals surface area contributed by atoms with Crippen LogP contribution in [0.3, 0.4) is 0 Å². The molecule has 21 heavy (non-hydrogen) atoms. The van der Waals surface area contributed by atoms with Crippen LogP contribution in [0, 0.1) is 23.7 Å². The van der Waals surface area contributed by atoms with Gasteiger partial charge in [0.2, 0.25) is 0 Å². The number of rotatable bonds is 9. The quantitative estimate of drug-likeness (QED) is 0.290. The lowest BCUT2D eigenvalue weighted by Crippen LogP contribution is -2.36. The molecule has 0 aromatic carbocycles. The summed E-state index contributed by atoms with van der Waals surface area (Å²) >= 11 is 0. The largest absolute Gasteiger partial charge is 0.390 e. The van der Waals surface area contributed by atoms with Crippen molar-refractivity contribution in [3.63, 3.8) is 0 Å². The van der Waals surface area contributed by atoms with Gasteiger partial charge in [0.05, 0.1) is 6.10 Å². The normalized spacial score (nSPS) is 15.7. The Kier molecular flexibility index (Phi) is 11.7. The van der Waals surface area contributed by atoms with Gasteiger partial charge >= 0.3 is 0 Å². The molecule has 0 aliphatic carbocycles. The lowest BCUT2D eigenvalue weighted by Gasteiger charge is -2.19. The second-order valence-corrected chi connectivity index (χ2v) is 4.92. The Balaban J connectivity index is 4.11. The molecular formula is C17H26O4. The summed E-state index contributed by atoms with van der Waals surface area (Å²) in [5.74, 6) is 9.37. The Morgan fingerprint density at radius 2 is 1.57 bits per heavy atom. The molecule has 0 saturated carbocycles. The summed E-state index contributed by atoms with van der Waals surface area (Å²) in [6, 6.07) is 0. The van der Waals surface area contributed by atoms with E-state index in [9.17, 15) is 15.3 Å². The van der Waals surface area contributed by atoms with Crippen LogP contribution in [0.25, 0.3) is 0 Å². The van der Waals surface area contributed by atoms with E-state index in [1.165, 1.54) is 12.5 Å². The van der Waals surface area contributed by atoms with E-state index in [0.717, 1.165) is 25.7 Å². The molecule has 0 fully saturated rings. The molecular weight excluding hydrogens is 268 g/mol. The van der Waals surface area contributed by atoms with Crippen LogP contribution in [0.2, 0.25) is 0 Å². The molecule has 0 amide bonds. The molecule has 0 aromatic heterocycles. The highest BCUT2D eigenvalue weighted by atomic mass is 16.4. The number of aliphatic hydroxyl groups excluding tert-OH is 4. The van der Waals surface area contributed by atoms with Gasteiger partial charge in [-0.05, 0) is 18.3 Å². The Morgan fingerprint density at radius 3 is 2.19 bits per heavy atom. The third-order valence-electron chi connectivity index (χ3n) is 3.05. The van der Waals surface area contributed by atoms with Crippen molar-refractivity contribution in [1.29, 1.82) is 0 Å². The van der Waals surface area contributed by atoms with Gasteiger partial charge in [-0.25, -0.2) is 0 Å². The van der Waals surface area contributed by atoms with Crippen molar-refractivity contribution < 1.29 is 20.4 Å². The first-order valence-corrected chi connectivity index (χ1v) is 7.38. The zero-order valence-electron chi connectivity index (χ0n) is 12.6. The van der Waals surface area contributed by atoms with Gasteiger partial charge in [0.15, 0.2) is 0 Å². The summed E-state index contributed by atoms with van der Waals surface area (Å²) in [7, 11) is 0. The van der Waals surface area contributed by atoms with Crippen LogP contribution in [0.4, 0.5) is 0 Å². The van der Waals surface area contributed by atoms with E-state index < -0.39 is 24.4 Å². The molecule has 0 saturated heterocycles. The lowest BCUT2D eigenvalue weighted by atomic mass is 10.0. The lowest BCUT2D eigenvalue weighted by molar-refractivity contribution is -0.0415. The number of unbranched alkanes of at least 4 members (excludes halogenated alkanes) is 4. The maximum absolute atomic E-state index is 9.76. The second-order valence-electron chi connectivity index (χ2n) is 4.92. The third-order valence-corrected chi connectivity index (χ3v) is 3.05. The van der Waals surface area contributed by atoms with Crippen molar-refractivity contribution in [2.45, 2.75) is 69.9 Å². The minimum Gasteiger partial charge on any atom is -0.390 e. The summed E-state index contributed by atoms with van der Waals surface area (Å²) in [5.41, 5.74) is 0. The van der Waals surface area contributed by atoms with Crippen LogP contribution in [0.1, 0.15) is 45.4 Å². The Morgan fingerprint density at radius 1 is 0.952 bits per heavy atom. The van der Waals surface area contributed by atoms with E-state index in [1.807, 2.05) is 0 Å². The molecule has 0 heterocycles. The molecule has 0 aliphatic rings. The van der Waals surface area contributed by atoms with Crippen molar-refractivity contribution in [2.75, 3.05) is 0 Å². The predicted octanol–water partition coefficient (Wildman–Crippen LogP) is 0.983. The van der Waals surface area contributed by atoms with Crippen LogP contribution in [0.15, 0.2) is 12.7 Å². The van der Waals surface area contributed by atoms with E-state index in [-0.39, 0.29) is 0 Å². The molecule has 4 nitrogen and oxygen atoms in total. The van der Waals surface area contributed by atoms with Crippen LogP contribution in [-0.2, 0) is 0 Å².